The largest absolute Gasteiger partial charge is 0.493 e. The number of aromatic nitrogens is 2. The fourth-order valence-corrected chi connectivity index (χ4v) is 4.99. The quantitative estimate of drug-likeness (QED) is 0.233. The second-order valence-corrected chi connectivity index (χ2v) is 10.4. The van der Waals surface area contributed by atoms with Crippen LogP contribution in [-0.2, 0) is 9.59 Å². The van der Waals surface area contributed by atoms with Crippen LogP contribution < -0.4 is 24.8 Å². The number of rotatable bonds is 11. The molecule has 0 spiro atoms. The maximum absolute atomic E-state index is 12.9. The molecule has 0 atom stereocenters. The summed E-state index contributed by atoms with van der Waals surface area (Å²) in [6, 6.07) is 19.1. The maximum atomic E-state index is 12.9. The van der Waals surface area contributed by atoms with Gasteiger partial charge in [-0.3, -0.25) is 9.59 Å². The Hall–Kier alpha value is -4.44. The van der Waals surface area contributed by atoms with Crippen molar-refractivity contribution in [2.24, 2.45) is 0 Å². The number of hydrogen-bond acceptors (Lipinski definition) is 7. The number of anilines is 2. The predicted molar refractivity (Wildman–Crippen MR) is 164 cm³/mol. The van der Waals surface area contributed by atoms with Crippen molar-refractivity contribution in [3.05, 3.63) is 77.4 Å². The van der Waals surface area contributed by atoms with Crippen molar-refractivity contribution in [2.75, 3.05) is 43.5 Å². The highest BCUT2D eigenvalue weighted by Gasteiger charge is 2.17. The summed E-state index contributed by atoms with van der Waals surface area (Å²) in [4.78, 5) is 25.5. The highest BCUT2D eigenvalue weighted by molar-refractivity contribution is 8.00. The molecule has 1 aromatic heterocycles. The van der Waals surface area contributed by atoms with Gasteiger partial charge in [0.25, 0.3) is 0 Å². The lowest BCUT2D eigenvalue weighted by atomic mass is 9.99. The molecule has 0 bridgehead atoms. The van der Waals surface area contributed by atoms with Crippen molar-refractivity contribution in [3.8, 4) is 34.2 Å². The van der Waals surface area contributed by atoms with Crippen LogP contribution in [0.4, 0.5) is 11.5 Å². The molecular formula is C31H34N4O5S. The van der Waals surface area contributed by atoms with E-state index in [4.69, 9.17) is 19.3 Å². The Morgan fingerprint density at radius 3 is 2.00 bits per heavy atom. The van der Waals surface area contributed by atoms with E-state index in [0.29, 0.717) is 28.8 Å². The van der Waals surface area contributed by atoms with Crippen molar-refractivity contribution in [3.63, 3.8) is 0 Å². The molecule has 0 radical (unpaired) electrons. The van der Waals surface area contributed by atoms with E-state index in [9.17, 15) is 9.59 Å². The molecule has 9 nitrogen and oxygen atoms in total. The number of nitrogens with zero attached hydrogens (tertiary/aromatic N) is 2. The summed E-state index contributed by atoms with van der Waals surface area (Å²) in [6.45, 7) is 6.22. The van der Waals surface area contributed by atoms with Crippen LogP contribution in [0, 0.1) is 20.8 Å². The number of nitrogens with one attached hydrogen (secondary N) is 2. The van der Waals surface area contributed by atoms with E-state index in [1.807, 2.05) is 36.4 Å². The summed E-state index contributed by atoms with van der Waals surface area (Å²) in [5, 5.41) is 10.6. The van der Waals surface area contributed by atoms with Crippen molar-refractivity contribution in [1.29, 1.82) is 0 Å². The van der Waals surface area contributed by atoms with E-state index in [1.165, 1.54) is 44.2 Å². The first kappa shape index (κ1) is 29.5. The average molecular weight is 575 g/mol. The molecule has 214 valence electrons. The number of amides is 2. The first-order valence-corrected chi connectivity index (χ1v) is 14.1. The van der Waals surface area contributed by atoms with Gasteiger partial charge in [-0.05, 0) is 55.7 Å². The maximum Gasteiger partial charge on any atom is 0.235 e. The number of hydrogen-bond donors (Lipinski definition) is 2. The van der Waals surface area contributed by atoms with Crippen LogP contribution in [-0.4, -0.2) is 54.4 Å². The minimum Gasteiger partial charge on any atom is -0.493 e. The van der Waals surface area contributed by atoms with Gasteiger partial charge in [0, 0.05) is 29.4 Å². The van der Waals surface area contributed by atoms with Gasteiger partial charge in [-0.2, -0.15) is 5.10 Å². The minimum atomic E-state index is -0.265. The molecule has 4 rings (SSSR count). The highest BCUT2D eigenvalue weighted by atomic mass is 32.2. The predicted octanol–water partition coefficient (Wildman–Crippen LogP) is 5.80. The molecule has 2 amide bonds. The van der Waals surface area contributed by atoms with Gasteiger partial charge in [-0.25, -0.2) is 4.68 Å². The molecule has 0 unspecified atom stereocenters. The second kappa shape index (κ2) is 13.3. The Kier molecular flexibility index (Phi) is 9.57. The summed E-state index contributed by atoms with van der Waals surface area (Å²) in [5.74, 6) is 1.51. The monoisotopic (exact) mass is 574 g/mol. The van der Waals surface area contributed by atoms with Gasteiger partial charge in [-0.1, -0.05) is 24.3 Å². The molecule has 0 saturated carbocycles. The van der Waals surface area contributed by atoms with Crippen LogP contribution in [0.2, 0.25) is 0 Å². The molecular weight excluding hydrogens is 540 g/mol. The van der Waals surface area contributed by atoms with E-state index >= 15 is 0 Å². The van der Waals surface area contributed by atoms with Crippen LogP contribution in [0.5, 0.6) is 17.2 Å². The third-order valence-electron chi connectivity index (χ3n) is 6.51. The summed E-state index contributed by atoms with van der Waals surface area (Å²) >= 11 is 1.21. The average Bonchev–Trinajstić information content (AvgIpc) is 3.37. The summed E-state index contributed by atoms with van der Waals surface area (Å²) in [5.41, 5.74) is 6.60. The SMILES string of the molecule is COc1cc(NC(=O)CSCC(=O)Nc2cc(-c3cc(C)c(C)cc3C)nn2-c2ccccc2)cc(OC)c1OC. The number of carbonyl (C=O) groups is 2. The number of methoxy groups -OCH3 is 3. The first-order valence-electron chi connectivity index (χ1n) is 12.9. The molecule has 0 aliphatic carbocycles. The zero-order valence-corrected chi connectivity index (χ0v) is 24.8. The number of carbonyl (C=O) groups excluding carboxylic acids is 2. The van der Waals surface area contributed by atoms with Gasteiger partial charge < -0.3 is 24.8 Å². The topological polar surface area (TPSA) is 104 Å². The Bertz CT molecular complexity index is 1530. The van der Waals surface area contributed by atoms with Crippen molar-refractivity contribution >= 4 is 35.1 Å². The molecule has 0 fully saturated rings. The lowest BCUT2D eigenvalue weighted by molar-refractivity contribution is -0.114. The van der Waals surface area contributed by atoms with E-state index in [0.717, 1.165) is 22.5 Å². The van der Waals surface area contributed by atoms with Crippen molar-refractivity contribution in [1.82, 2.24) is 9.78 Å². The lowest BCUT2D eigenvalue weighted by Gasteiger charge is -2.14. The molecule has 4 aromatic rings. The zero-order chi connectivity index (χ0) is 29.5. The molecule has 1 heterocycles. The van der Waals surface area contributed by atoms with Crippen LogP contribution >= 0.6 is 11.8 Å². The smallest absolute Gasteiger partial charge is 0.235 e. The summed E-state index contributed by atoms with van der Waals surface area (Å²) < 4.78 is 17.7. The second-order valence-electron chi connectivity index (χ2n) is 9.42. The highest BCUT2D eigenvalue weighted by Crippen LogP contribution is 2.40. The Balaban J connectivity index is 1.44. The van der Waals surface area contributed by atoms with Crippen LogP contribution in [0.3, 0.4) is 0 Å². The van der Waals surface area contributed by atoms with Gasteiger partial charge in [0.15, 0.2) is 11.5 Å². The molecule has 0 saturated heterocycles. The summed E-state index contributed by atoms with van der Waals surface area (Å²) in [7, 11) is 4.53. The van der Waals surface area contributed by atoms with E-state index in [-0.39, 0.29) is 23.3 Å². The Labute approximate surface area is 244 Å². The number of para-hydroxylation sites is 1. The van der Waals surface area contributed by atoms with Crippen LogP contribution in [0.15, 0.2) is 60.7 Å². The first-order chi connectivity index (χ1) is 19.7. The third kappa shape index (κ3) is 7.01. The molecule has 0 aliphatic heterocycles. The normalized spacial score (nSPS) is 10.7. The van der Waals surface area contributed by atoms with E-state index in [2.05, 4.69) is 43.5 Å². The fourth-order valence-electron chi connectivity index (χ4n) is 4.37. The summed E-state index contributed by atoms with van der Waals surface area (Å²) in [6.07, 6.45) is 0. The van der Waals surface area contributed by atoms with Gasteiger partial charge >= 0.3 is 0 Å². The fraction of sp³-hybridized carbons (Fsp3) is 0.258. The number of ether oxygens (including phenoxy) is 3. The Morgan fingerprint density at radius 2 is 1.39 bits per heavy atom. The number of thioether (sulfide) groups is 1. The van der Waals surface area contributed by atoms with E-state index in [1.54, 1.807) is 16.8 Å². The van der Waals surface area contributed by atoms with Gasteiger partial charge in [-0.15, -0.1) is 11.8 Å². The van der Waals surface area contributed by atoms with Crippen molar-refractivity contribution in [2.45, 2.75) is 20.8 Å². The molecule has 2 N–H and O–H groups in total. The standard InChI is InChI=1S/C31H34N4O5S/c1-19-12-21(3)24(13-20(19)2)25-16-28(35(34-25)23-10-8-7-9-11-23)33-30(37)18-41-17-29(36)32-22-14-26(38-4)31(40-6)27(15-22)39-5/h7-16H,17-18H2,1-6H3,(H,32,36)(H,33,37). The van der Waals surface area contributed by atoms with Crippen LogP contribution in [0.1, 0.15) is 16.7 Å². The molecule has 3 aromatic carbocycles. The Morgan fingerprint density at radius 1 is 0.780 bits per heavy atom. The van der Waals surface area contributed by atoms with Crippen LogP contribution in [0.25, 0.3) is 16.9 Å². The lowest BCUT2D eigenvalue weighted by Crippen LogP contribution is -2.19. The number of benzene rings is 3. The zero-order valence-electron chi connectivity index (χ0n) is 24.0. The van der Waals surface area contributed by atoms with Gasteiger partial charge in [0.05, 0.1) is 44.2 Å². The van der Waals surface area contributed by atoms with Crippen molar-refractivity contribution < 1.29 is 23.8 Å². The van der Waals surface area contributed by atoms with Gasteiger partial charge in [0.2, 0.25) is 17.6 Å². The third-order valence-corrected chi connectivity index (χ3v) is 7.44. The van der Waals surface area contributed by atoms with Gasteiger partial charge in [0.1, 0.15) is 5.82 Å². The molecule has 41 heavy (non-hydrogen) atoms. The molecule has 0 aliphatic rings. The van der Waals surface area contributed by atoms with E-state index < -0.39 is 0 Å². The molecule has 10 heteroatoms. The minimum absolute atomic E-state index is 0.0785. The number of aryl methyl sites for hydroxylation is 3.